The molecule has 110 valence electrons. The van der Waals surface area contributed by atoms with Gasteiger partial charge in [0.15, 0.2) is 5.03 Å². The molecule has 0 aliphatic carbocycles. The average Bonchev–Trinajstić information content (AvgIpc) is 2.88. The Balaban J connectivity index is 2.90. The van der Waals surface area contributed by atoms with Crippen LogP contribution in [-0.2, 0) is 25.9 Å². The molecule has 0 aliphatic rings. The van der Waals surface area contributed by atoms with Crippen molar-refractivity contribution in [2.24, 2.45) is 0 Å². The maximum absolute atomic E-state index is 12.4. The molecule has 0 fully saturated rings. The fourth-order valence-corrected chi connectivity index (χ4v) is 2.87. The Kier molecular flexibility index (Phi) is 6.43. The molecular formula is C11H21N3O4S. The van der Waals surface area contributed by atoms with Crippen LogP contribution in [0.4, 0.5) is 0 Å². The Bertz CT molecular complexity index is 464. The lowest BCUT2D eigenvalue weighted by Crippen LogP contribution is -2.36. The molecular weight excluding hydrogens is 270 g/mol. The van der Waals surface area contributed by atoms with Crippen molar-refractivity contribution in [2.45, 2.75) is 18.4 Å². The zero-order valence-corrected chi connectivity index (χ0v) is 12.4. The van der Waals surface area contributed by atoms with E-state index in [4.69, 9.17) is 9.47 Å². The van der Waals surface area contributed by atoms with Crippen molar-refractivity contribution in [3.63, 3.8) is 0 Å². The second kappa shape index (κ2) is 7.59. The van der Waals surface area contributed by atoms with E-state index in [9.17, 15) is 8.42 Å². The Labute approximate surface area is 114 Å². The quantitative estimate of drug-likeness (QED) is 0.705. The predicted octanol–water partition coefficient (Wildman–Crippen LogP) is 0.256. The van der Waals surface area contributed by atoms with Crippen molar-refractivity contribution in [3.8, 4) is 0 Å². The minimum Gasteiger partial charge on any atom is -0.383 e. The van der Waals surface area contributed by atoms with E-state index in [2.05, 4.69) is 9.97 Å². The number of hydrogen-bond acceptors (Lipinski definition) is 5. The molecule has 0 amide bonds. The molecule has 0 spiro atoms. The highest BCUT2D eigenvalue weighted by Crippen LogP contribution is 2.13. The minimum atomic E-state index is -3.58. The molecule has 1 rings (SSSR count). The lowest BCUT2D eigenvalue weighted by Gasteiger charge is -2.20. The SMILES string of the molecule is CCc1ncc(S(=O)(=O)N(CCOC)CCOC)[nH]1. The maximum atomic E-state index is 12.4. The van der Waals surface area contributed by atoms with Crippen LogP contribution in [0.1, 0.15) is 12.7 Å². The monoisotopic (exact) mass is 291 g/mol. The Morgan fingerprint density at radius 3 is 2.26 bits per heavy atom. The maximum Gasteiger partial charge on any atom is 0.260 e. The molecule has 7 nitrogen and oxygen atoms in total. The number of aryl methyl sites for hydroxylation is 1. The lowest BCUT2D eigenvalue weighted by molar-refractivity contribution is 0.150. The normalized spacial score (nSPS) is 12.2. The van der Waals surface area contributed by atoms with Gasteiger partial charge >= 0.3 is 0 Å². The molecule has 0 saturated heterocycles. The van der Waals surface area contributed by atoms with Crippen LogP contribution < -0.4 is 0 Å². The molecule has 1 N–H and O–H groups in total. The minimum absolute atomic E-state index is 0.108. The van der Waals surface area contributed by atoms with Gasteiger partial charge in [0.25, 0.3) is 10.0 Å². The van der Waals surface area contributed by atoms with Gasteiger partial charge in [-0.1, -0.05) is 6.92 Å². The van der Waals surface area contributed by atoms with Crippen LogP contribution in [0.5, 0.6) is 0 Å². The number of H-pyrrole nitrogens is 1. The zero-order valence-electron chi connectivity index (χ0n) is 11.5. The summed E-state index contributed by atoms with van der Waals surface area (Å²) in [6.07, 6.45) is 2.01. The number of rotatable bonds is 9. The van der Waals surface area contributed by atoms with E-state index in [0.717, 1.165) is 0 Å². The summed E-state index contributed by atoms with van der Waals surface area (Å²) in [5, 5.41) is 0.108. The molecule has 0 bridgehead atoms. The first kappa shape index (κ1) is 16.1. The Morgan fingerprint density at radius 2 is 1.84 bits per heavy atom. The van der Waals surface area contributed by atoms with E-state index < -0.39 is 10.0 Å². The largest absolute Gasteiger partial charge is 0.383 e. The summed E-state index contributed by atoms with van der Waals surface area (Å²) in [5.74, 6) is 0.650. The second-order valence-corrected chi connectivity index (χ2v) is 5.84. The van der Waals surface area contributed by atoms with Gasteiger partial charge in [0.2, 0.25) is 0 Å². The van der Waals surface area contributed by atoms with Gasteiger partial charge < -0.3 is 14.5 Å². The number of imidazole rings is 1. The molecule has 0 unspecified atom stereocenters. The standard InChI is InChI=1S/C11H21N3O4S/c1-4-10-12-9-11(13-10)19(15,16)14(5-7-17-2)6-8-18-3/h9H,4-8H2,1-3H3,(H,12,13). The van der Waals surface area contributed by atoms with Gasteiger partial charge in [-0.05, 0) is 0 Å². The number of aromatic nitrogens is 2. The number of hydrogen-bond donors (Lipinski definition) is 1. The predicted molar refractivity (Wildman–Crippen MR) is 70.5 cm³/mol. The molecule has 8 heteroatoms. The van der Waals surface area contributed by atoms with E-state index in [1.165, 1.54) is 24.7 Å². The van der Waals surface area contributed by atoms with Crippen molar-refractivity contribution >= 4 is 10.0 Å². The molecule has 0 radical (unpaired) electrons. The van der Waals surface area contributed by atoms with Crippen LogP contribution in [0.15, 0.2) is 11.2 Å². The third kappa shape index (κ3) is 4.27. The number of nitrogens with zero attached hydrogens (tertiary/aromatic N) is 2. The molecule has 0 atom stereocenters. The van der Waals surface area contributed by atoms with Gasteiger partial charge in [0.05, 0.1) is 19.4 Å². The third-order valence-electron chi connectivity index (χ3n) is 2.65. The van der Waals surface area contributed by atoms with E-state index >= 15 is 0 Å². The highest BCUT2D eigenvalue weighted by molar-refractivity contribution is 7.89. The van der Waals surface area contributed by atoms with Crippen LogP contribution >= 0.6 is 0 Å². The molecule has 0 aliphatic heterocycles. The van der Waals surface area contributed by atoms with Crippen molar-refractivity contribution in [2.75, 3.05) is 40.5 Å². The van der Waals surface area contributed by atoms with Gasteiger partial charge in [0.1, 0.15) is 5.82 Å². The number of methoxy groups -OCH3 is 2. The Hall–Kier alpha value is -0.960. The van der Waals surface area contributed by atoms with Gasteiger partial charge in [-0.25, -0.2) is 13.4 Å². The van der Waals surface area contributed by atoms with Crippen LogP contribution in [0.2, 0.25) is 0 Å². The van der Waals surface area contributed by atoms with E-state index in [1.54, 1.807) is 0 Å². The summed E-state index contributed by atoms with van der Waals surface area (Å²) in [5.41, 5.74) is 0. The van der Waals surface area contributed by atoms with Gasteiger partial charge in [-0.3, -0.25) is 0 Å². The van der Waals surface area contributed by atoms with Crippen LogP contribution in [0.25, 0.3) is 0 Å². The van der Waals surface area contributed by atoms with Gasteiger partial charge in [0, 0.05) is 33.7 Å². The van der Waals surface area contributed by atoms with Crippen molar-refractivity contribution in [3.05, 3.63) is 12.0 Å². The smallest absolute Gasteiger partial charge is 0.260 e. The highest BCUT2D eigenvalue weighted by Gasteiger charge is 2.25. The second-order valence-electron chi connectivity index (χ2n) is 3.94. The van der Waals surface area contributed by atoms with Crippen LogP contribution in [0.3, 0.4) is 0 Å². The molecule has 1 aromatic rings. The number of nitrogens with one attached hydrogen (secondary N) is 1. The topological polar surface area (TPSA) is 84.5 Å². The lowest BCUT2D eigenvalue weighted by atomic mass is 10.5. The molecule has 1 aromatic heterocycles. The molecule has 0 saturated carbocycles. The molecule has 19 heavy (non-hydrogen) atoms. The fourth-order valence-electron chi connectivity index (χ4n) is 1.53. The van der Waals surface area contributed by atoms with Gasteiger partial charge in [-0.15, -0.1) is 0 Å². The van der Waals surface area contributed by atoms with Crippen molar-refractivity contribution in [1.82, 2.24) is 14.3 Å². The van der Waals surface area contributed by atoms with Crippen molar-refractivity contribution < 1.29 is 17.9 Å². The first-order valence-electron chi connectivity index (χ1n) is 6.08. The van der Waals surface area contributed by atoms with Crippen LogP contribution in [-0.4, -0.2) is 63.2 Å². The van der Waals surface area contributed by atoms with E-state index in [0.29, 0.717) is 25.5 Å². The summed E-state index contributed by atoms with van der Waals surface area (Å²) in [4.78, 5) is 6.83. The summed E-state index contributed by atoms with van der Waals surface area (Å²) < 4.78 is 36.0. The number of aromatic amines is 1. The zero-order chi connectivity index (χ0) is 14.3. The fraction of sp³-hybridized carbons (Fsp3) is 0.727. The van der Waals surface area contributed by atoms with Gasteiger partial charge in [-0.2, -0.15) is 4.31 Å². The van der Waals surface area contributed by atoms with Crippen LogP contribution in [0, 0.1) is 0 Å². The number of ether oxygens (including phenoxy) is 2. The third-order valence-corrected chi connectivity index (χ3v) is 4.46. The average molecular weight is 291 g/mol. The Morgan fingerprint density at radius 1 is 1.26 bits per heavy atom. The van der Waals surface area contributed by atoms with E-state index in [1.807, 2.05) is 6.92 Å². The number of sulfonamides is 1. The highest BCUT2D eigenvalue weighted by atomic mass is 32.2. The van der Waals surface area contributed by atoms with E-state index in [-0.39, 0.29) is 18.1 Å². The summed E-state index contributed by atoms with van der Waals surface area (Å²) >= 11 is 0. The first-order chi connectivity index (χ1) is 9.06. The van der Waals surface area contributed by atoms with Crippen molar-refractivity contribution in [1.29, 1.82) is 0 Å². The molecule has 1 heterocycles. The summed E-state index contributed by atoms with van der Waals surface area (Å²) in [6, 6.07) is 0. The molecule has 0 aromatic carbocycles. The summed E-state index contributed by atoms with van der Waals surface area (Å²) in [7, 11) is -0.511. The first-order valence-corrected chi connectivity index (χ1v) is 7.52. The summed E-state index contributed by atoms with van der Waals surface area (Å²) in [6.45, 7) is 3.13.